The smallest absolute Gasteiger partial charge is 0.0953 e. The summed E-state index contributed by atoms with van der Waals surface area (Å²) in [6.07, 6.45) is 3.91. The number of nitrogens with one attached hydrogen (secondary N) is 1. The molecule has 2 nitrogen and oxygen atoms in total. The lowest BCUT2D eigenvalue weighted by atomic mass is 10.2. The van der Waals surface area contributed by atoms with Crippen LogP contribution in [-0.2, 0) is 6.42 Å². The molecule has 1 saturated carbocycles. The molecule has 1 atom stereocenters. The Bertz CT molecular complexity index is 328. The topological polar surface area (TPSA) is 24.9 Å². The van der Waals surface area contributed by atoms with Crippen LogP contribution in [0.4, 0.5) is 0 Å². The highest BCUT2D eigenvalue weighted by molar-refractivity contribution is 7.09. The first-order valence-electron chi connectivity index (χ1n) is 6.34. The van der Waals surface area contributed by atoms with Gasteiger partial charge in [-0.15, -0.1) is 11.3 Å². The van der Waals surface area contributed by atoms with Gasteiger partial charge in [0.05, 0.1) is 10.7 Å². The Labute approximate surface area is 102 Å². The van der Waals surface area contributed by atoms with Crippen LogP contribution >= 0.6 is 11.3 Å². The number of hydrogen-bond acceptors (Lipinski definition) is 3. The third kappa shape index (κ3) is 3.29. The second-order valence-electron chi connectivity index (χ2n) is 5.16. The predicted octanol–water partition coefficient (Wildman–Crippen LogP) is 3.20. The standard InChI is InChI=1S/C13H22N2S/c1-9(2)13-15-12(8-16-13)6-7-14-10(3)11-4-5-11/h8-11,14H,4-7H2,1-3H3. The maximum atomic E-state index is 4.65. The lowest BCUT2D eigenvalue weighted by Crippen LogP contribution is -2.29. The number of aromatic nitrogens is 1. The quantitative estimate of drug-likeness (QED) is 0.823. The van der Waals surface area contributed by atoms with Gasteiger partial charge in [0.15, 0.2) is 0 Å². The van der Waals surface area contributed by atoms with Crippen molar-refractivity contribution in [2.24, 2.45) is 5.92 Å². The van der Waals surface area contributed by atoms with Crippen molar-refractivity contribution in [3.63, 3.8) is 0 Å². The SMILES string of the molecule is CC(C)c1nc(CCNC(C)C2CC2)cs1. The van der Waals surface area contributed by atoms with Crippen LogP contribution in [0.2, 0.25) is 0 Å². The van der Waals surface area contributed by atoms with E-state index >= 15 is 0 Å². The molecule has 0 amide bonds. The van der Waals surface area contributed by atoms with E-state index in [0.717, 1.165) is 18.9 Å². The van der Waals surface area contributed by atoms with E-state index in [0.29, 0.717) is 12.0 Å². The molecule has 0 saturated heterocycles. The molecule has 1 aromatic rings. The van der Waals surface area contributed by atoms with Gasteiger partial charge in [0.2, 0.25) is 0 Å². The van der Waals surface area contributed by atoms with Crippen LogP contribution in [0.1, 0.15) is 50.2 Å². The summed E-state index contributed by atoms with van der Waals surface area (Å²) in [6.45, 7) is 7.78. The molecule has 0 bridgehead atoms. The molecule has 0 radical (unpaired) electrons. The minimum Gasteiger partial charge on any atom is -0.314 e. The zero-order chi connectivity index (χ0) is 11.5. The summed E-state index contributed by atoms with van der Waals surface area (Å²) >= 11 is 1.80. The van der Waals surface area contributed by atoms with Gasteiger partial charge in [-0.05, 0) is 25.7 Å². The molecule has 1 aromatic heterocycles. The van der Waals surface area contributed by atoms with E-state index in [-0.39, 0.29) is 0 Å². The van der Waals surface area contributed by atoms with Gasteiger partial charge in [0, 0.05) is 30.3 Å². The van der Waals surface area contributed by atoms with E-state index in [2.05, 4.69) is 36.5 Å². The summed E-state index contributed by atoms with van der Waals surface area (Å²) in [4.78, 5) is 4.65. The van der Waals surface area contributed by atoms with Crippen molar-refractivity contribution >= 4 is 11.3 Å². The summed E-state index contributed by atoms with van der Waals surface area (Å²) in [7, 11) is 0. The van der Waals surface area contributed by atoms with Crippen molar-refractivity contribution in [1.82, 2.24) is 10.3 Å². The Kier molecular flexibility index (Phi) is 3.98. The van der Waals surface area contributed by atoms with Crippen LogP contribution in [0.3, 0.4) is 0 Å². The van der Waals surface area contributed by atoms with Crippen molar-refractivity contribution in [3.05, 3.63) is 16.1 Å². The Morgan fingerprint density at radius 2 is 2.19 bits per heavy atom. The van der Waals surface area contributed by atoms with Crippen LogP contribution in [-0.4, -0.2) is 17.6 Å². The molecule has 0 aliphatic heterocycles. The molecule has 1 aliphatic rings. The first-order chi connectivity index (χ1) is 7.66. The van der Waals surface area contributed by atoms with Gasteiger partial charge >= 0.3 is 0 Å². The third-order valence-electron chi connectivity index (χ3n) is 3.24. The molecule has 16 heavy (non-hydrogen) atoms. The molecule has 0 spiro atoms. The normalized spacial score (nSPS) is 18.0. The van der Waals surface area contributed by atoms with Crippen LogP contribution in [0, 0.1) is 5.92 Å². The number of rotatable bonds is 6. The van der Waals surface area contributed by atoms with Gasteiger partial charge in [-0.1, -0.05) is 13.8 Å². The van der Waals surface area contributed by atoms with Gasteiger partial charge in [0.1, 0.15) is 0 Å². The van der Waals surface area contributed by atoms with Crippen molar-refractivity contribution < 1.29 is 0 Å². The van der Waals surface area contributed by atoms with E-state index in [1.165, 1.54) is 23.5 Å². The Balaban J connectivity index is 1.71. The van der Waals surface area contributed by atoms with Crippen LogP contribution in [0.5, 0.6) is 0 Å². The van der Waals surface area contributed by atoms with Gasteiger partial charge in [-0.25, -0.2) is 4.98 Å². The summed E-state index contributed by atoms with van der Waals surface area (Å²) in [5, 5.41) is 7.07. The van der Waals surface area contributed by atoms with Gasteiger partial charge in [-0.3, -0.25) is 0 Å². The first kappa shape index (κ1) is 12.1. The van der Waals surface area contributed by atoms with Crippen molar-refractivity contribution in [2.45, 2.75) is 52.0 Å². The van der Waals surface area contributed by atoms with Crippen LogP contribution in [0.25, 0.3) is 0 Å². The summed E-state index contributed by atoms with van der Waals surface area (Å²) in [5.41, 5.74) is 1.25. The molecule has 1 fully saturated rings. The third-order valence-corrected chi connectivity index (χ3v) is 4.43. The fourth-order valence-corrected chi connectivity index (χ4v) is 2.76. The average molecular weight is 238 g/mol. The molecule has 1 heterocycles. The molecule has 1 N–H and O–H groups in total. The molecule has 0 aromatic carbocycles. The minimum atomic E-state index is 0.567. The maximum Gasteiger partial charge on any atom is 0.0953 e. The zero-order valence-electron chi connectivity index (χ0n) is 10.5. The van der Waals surface area contributed by atoms with Crippen molar-refractivity contribution in [1.29, 1.82) is 0 Å². The van der Waals surface area contributed by atoms with Crippen LogP contribution in [0.15, 0.2) is 5.38 Å². The summed E-state index contributed by atoms with van der Waals surface area (Å²) in [5.74, 6) is 1.51. The van der Waals surface area contributed by atoms with Crippen molar-refractivity contribution in [3.8, 4) is 0 Å². The Morgan fingerprint density at radius 1 is 1.44 bits per heavy atom. The predicted molar refractivity (Wildman–Crippen MR) is 70.1 cm³/mol. The molecule has 3 heteroatoms. The van der Waals surface area contributed by atoms with Gasteiger partial charge in [-0.2, -0.15) is 0 Å². The highest BCUT2D eigenvalue weighted by Gasteiger charge is 2.27. The monoisotopic (exact) mass is 238 g/mol. The van der Waals surface area contributed by atoms with Gasteiger partial charge < -0.3 is 5.32 Å². The molecule has 2 rings (SSSR count). The van der Waals surface area contributed by atoms with E-state index in [1.807, 2.05) is 0 Å². The number of thiazole rings is 1. The molecule has 90 valence electrons. The second-order valence-corrected chi connectivity index (χ2v) is 6.05. The fraction of sp³-hybridized carbons (Fsp3) is 0.769. The van der Waals surface area contributed by atoms with E-state index in [9.17, 15) is 0 Å². The first-order valence-corrected chi connectivity index (χ1v) is 7.22. The van der Waals surface area contributed by atoms with E-state index < -0.39 is 0 Å². The summed E-state index contributed by atoms with van der Waals surface area (Å²) in [6, 6.07) is 0.697. The lowest BCUT2D eigenvalue weighted by Gasteiger charge is -2.11. The zero-order valence-corrected chi connectivity index (χ0v) is 11.3. The highest BCUT2D eigenvalue weighted by Crippen LogP contribution is 2.32. The summed E-state index contributed by atoms with van der Waals surface area (Å²) < 4.78 is 0. The second kappa shape index (κ2) is 5.28. The minimum absolute atomic E-state index is 0.567. The lowest BCUT2D eigenvalue weighted by molar-refractivity contribution is 0.499. The maximum absolute atomic E-state index is 4.65. The molecule has 1 unspecified atom stereocenters. The fourth-order valence-electron chi connectivity index (χ4n) is 1.89. The molecule has 1 aliphatic carbocycles. The van der Waals surface area contributed by atoms with Gasteiger partial charge in [0.25, 0.3) is 0 Å². The van der Waals surface area contributed by atoms with Crippen molar-refractivity contribution in [2.75, 3.05) is 6.54 Å². The van der Waals surface area contributed by atoms with E-state index in [1.54, 1.807) is 11.3 Å². The average Bonchev–Trinajstić information content (AvgIpc) is 2.98. The largest absolute Gasteiger partial charge is 0.314 e. The Hall–Kier alpha value is -0.410. The molecular weight excluding hydrogens is 216 g/mol. The highest BCUT2D eigenvalue weighted by atomic mass is 32.1. The van der Waals surface area contributed by atoms with Crippen LogP contribution < -0.4 is 5.32 Å². The number of nitrogens with zero attached hydrogens (tertiary/aromatic N) is 1. The number of hydrogen-bond donors (Lipinski definition) is 1. The Morgan fingerprint density at radius 3 is 2.75 bits per heavy atom. The molecular formula is C13H22N2S. The van der Waals surface area contributed by atoms with E-state index in [4.69, 9.17) is 0 Å².